The number of hydrogen-bond donors (Lipinski definition) is 0. The third-order valence-corrected chi connectivity index (χ3v) is 5.37. The van der Waals surface area contributed by atoms with Gasteiger partial charge < -0.3 is 0 Å². The molecule has 2 heterocycles. The molecule has 0 saturated heterocycles. The lowest BCUT2D eigenvalue weighted by Gasteiger charge is -2.11. The van der Waals surface area contributed by atoms with E-state index in [9.17, 15) is 0 Å². The van der Waals surface area contributed by atoms with E-state index in [1.807, 2.05) is 48.7 Å². The van der Waals surface area contributed by atoms with Crippen LogP contribution in [0.5, 0.6) is 0 Å². The molecule has 0 bridgehead atoms. The first-order chi connectivity index (χ1) is 15.9. The predicted molar refractivity (Wildman–Crippen MR) is 134 cm³/mol. The zero-order valence-corrected chi connectivity index (χ0v) is 17.6. The summed E-state index contributed by atoms with van der Waals surface area (Å²) in [5.74, 6) is 0. The highest BCUT2D eigenvalue weighted by Crippen LogP contribution is 2.33. The van der Waals surface area contributed by atoms with Gasteiger partial charge >= 0.3 is 0 Å². The smallest absolute Gasteiger partial charge is 0.0788 e. The summed E-state index contributed by atoms with van der Waals surface area (Å²) in [5, 5.41) is 2.37. The number of nitrogens with zero attached hydrogens (tertiary/aromatic N) is 2. The van der Waals surface area contributed by atoms with E-state index in [-0.39, 0.29) is 0 Å². The summed E-state index contributed by atoms with van der Waals surface area (Å²) in [5.41, 5.74) is 6.63. The molecule has 0 atom stereocenters. The Morgan fingerprint density at radius 2 is 1.00 bits per heavy atom. The Bertz CT molecular complexity index is 1320. The average molecular weight is 411 g/mol. The van der Waals surface area contributed by atoms with Crippen molar-refractivity contribution in [2.75, 3.05) is 0 Å². The maximum absolute atomic E-state index is 4.92. The molecular weight excluding hydrogens is 388 g/mol. The minimum atomic E-state index is 1.03. The molecule has 0 fully saturated rings. The van der Waals surface area contributed by atoms with E-state index in [4.69, 9.17) is 4.98 Å². The van der Waals surface area contributed by atoms with Crippen molar-refractivity contribution in [3.63, 3.8) is 0 Å². The van der Waals surface area contributed by atoms with Crippen LogP contribution < -0.4 is 0 Å². The van der Waals surface area contributed by atoms with Gasteiger partial charge in [-0.1, -0.05) is 103 Å². The van der Waals surface area contributed by atoms with Crippen molar-refractivity contribution in [3.8, 4) is 22.4 Å². The second-order valence-electron chi connectivity index (χ2n) is 7.51. The van der Waals surface area contributed by atoms with Gasteiger partial charge in [0.15, 0.2) is 0 Å². The van der Waals surface area contributed by atoms with E-state index in [2.05, 4.69) is 89.9 Å². The molecule has 6 aromatic rings. The first kappa shape index (κ1) is 19.7. The van der Waals surface area contributed by atoms with Gasteiger partial charge in [0.05, 0.1) is 16.7 Å². The van der Waals surface area contributed by atoms with Gasteiger partial charge in [0.25, 0.3) is 0 Å². The lowest BCUT2D eigenvalue weighted by Crippen LogP contribution is -1.91. The summed E-state index contributed by atoms with van der Waals surface area (Å²) in [6, 6.07) is 43.4. The fraction of sp³-hybridized carbons (Fsp3) is 0. The van der Waals surface area contributed by atoms with Crippen molar-refractivity contribution >= 4 is 21.8 Å². The van der Waals surface area contributed by atoms with Crippen LogP contribution in [0.15, 0.2) is 134 Å². The summed E-state index contributed by atoms with van der Waals surface area (Å²) in [7, 11) is 0. The topological polar surface area (TPSA) is 25.8 Å². The molecule has 2 nitrogen and oxygen atoms in total. The molecule has 0 radical (unpaired) electrons. The van der Waals surface area contributed by atoms with Crippen LogP contribution in [0.1, 0.15) is 0 Å². The largest absolute Gasteiger partial charge is 0.256 e. The van der Waals surface area contributed by atoms with Gasteiger partial charge in [-0.15, -0.1) is 0 Å². The van der Waals surface area contributed by atoms with Crippen LogP contribution in [0.25, 0.3) is 44.2 Å². The minimum Gasteiger partial charge on any atom is -0.256 e. The highest BCUT2D eigenvalue weighted by Gasteiger charge is 2.10. The van der Waals surface area contributed by atoms with E-state index in [1.165, 1.54) is 21.9 Å². The van der Waals surface area contributed by atoms with Crippen molar-refractivity contribution in [2.45, 2.75) is 0 Å². The maximum atomic E-state index is 4.92. The molecule has 0 N–H and O–H groups in total. The number of aromatic nitrogens is 2. The Kier molecular flexibility index (Phi) is 5.67. The van der Waals surface area contributed by atoms with Crippen LogP contribution in [0.2, 0.25) is 0 Å². The molecule has 2 heteroatoms. The summed E-state index contributed by atoms with van der Waals surface area (Å²) >= 11 is 0. The Balaban J connectivity index is 0.000000180. The predicted octanol–water partition coefficient (Wildman–Crippen LogP) is 7.80. The second-order valence-corrected chi connectivity index (χ2v) is 7.51. The Labute approximate surface area is 187 Å². The van der Waals surface area contributed by atoms with Crippen LogP contribution in [0, 0.1) is 0 Å². The highest BCUT2D eigenvalue weighted by molar-refractivity contribution is 5.91. The summed E-state index contributed by atoms with van der Waals surface area (Å²) < 4.78 is 0. The lowest BCUT2D eigenvalue weighted by molar-refractivity contribution is 1.39. The van der Waals surface area contributed by atoms with Crippen molar-refractivity contribution in [1.29, 1.82) is 0 Å². The number of hydrogen-bond acceptors (Lipinski definition) is 2. The molecule has 152 valence electrons. The molecule has 0 aliphatic rings. The molecule has 0 amide bonds. The van der Waals surface area contributed by atoms with E-state index in [0.717, 1.165) is 22.3 Å². The van der Waals surface area contributed by atoms with Crippen LogP contribution in [0.4, 0.5) is 0 Å². The molecule has 0 aliphatic heterocycles. The quantitative estimate of drug-likeness (QED) is 0.291. The molecule has 4 aromatic carbocycles. The zero-order valence-electron chi connectivity index (χ0n) is 17.6. The van der Waals surface area contributed by atoms with Crippen LogP contribution >= 0.6 is 0 Å². The molecular formula is C30H22N2. The Morgan fingerprint density at radius 3 is 1.72 bits per heavy atom. The first-order valence-electron chi connectivity index (χ1n) is 10.7. The van der Waals surface area contributed by atoms with Gasteiger partial charge in [0.2, 0.25) is 0 Å². The van der Waals surface area contributed by atoms with Crippen LogP contribution in [0.3, 0.4) is 0 Å². The van der Waals surface area contributed by atoms with Crippen LogP contribution in [-0.2, 0) is 0 Å². The van der Waals surface area contributed by atoms with Gasteiger partial charge in [-0.2, -0.15) is 0 Å². The average Bonchev–Trinajstić information content (AvgIpc) is 2.89. The summed E-state index contributed by atoms with van der Waals surface area (Å²) in [4.78, 5) is 9.10. The first-order valence-corrected chi connectivity index (χ1v) is 10.7. The Morgan fingerprint density at radius 1 is 0.438 bits per heavy atom. The zero-order chi connectivity index (χ0) is 21.6. The number of fused-ring (bicyclic) bond motifs is 2. The number of rotatable bonds is 2. The van der Waals surface area contributed by atoms with Crippen molar-refractivity contribution in [1.82, 2.24) is 9.97 Å². The highest BCUT2D eigenvalue weighted by atomic mass is 14.7. The molecule has 32 heavy (non-hydrogen) atoms. The van der Waals surface area contributed by atoms with E-state index >= 15 is 0 Å². The van der Waals surface area contributed by atoms with Gasteiger partial charge in [-0.05, 0) is 29.8 Å². The molecule has 0 spiro atoms. The van der Waals surface area contributed by atoms with E-state index < -0.39 is 0 Å². The molecule has 0 unspecified atom stereocenters. The minimum absolute atomic E-state index is 1.03. The monoisotopic (exact) mass is 410 g/mol. The Hall–Kier alpha value is -4.30. The van der Waals surface area contributed by atoms with Gasteiger partial charge in [0.1, 0.15) is 0 Å². The normalized spacial score (nSPS) is 10.5. The molecule has 0 saturated carbocycles. The van der Waals surface area contributed by atoms with Gasteiger partial charge in [-0.25, -0.2) is 4.98 Å². The standard InChI is InChI=1S/C21H15N.C9H7N/c1-3-9-16(10-4-1)19-15-18-13-7-8-14-20(18)22-21(19)17-11-5-2-6-12-17;1-2-6-9-8(4-1)5-3-7-10-9/h1-15H;1-7H. The number of para-hydroxylation sites is 2. The third-order valence-electron chi connectivity index (χ3n) is 5.37. The molecule has 0 aliphatic carbocycles. The summed E-state index contributed by atoms with van der Waals surface area (Å²) in [6.45, 7) is 0. The van der Waals surface area contributed by atoms with Crippen molar-refractivity contribution < 1.29 is 0 Å². The van der Waals surface area contributed by atoms with E-state index in [1.54, 1.807) is 0 Å². The number of pyridine rings is 2. The maximum Gasteiger partial charge on any atom is 0.0788 e. The SMILES string of the molecule is c1ccc(-c2cc3ccccc3nc2-c2ccccc2)cc1.c1ccc2ncccc2c1. The summed E-state index contributed by atoms with van der Waals surface area (Å²) in [6.07, 6.45) is 1.81. The van der Waals surface area contributed by atoms with Gasteiger partial charge in [0, 0.05) is 28.1 Å². The van der Waals surface area contributed by atoms with E-state index in [0.29, 0.717) is 0 Å². The molecule has 2 aromatic heterocycles. The molecule has 6 rings (SSSR count). The fourth-order valence-corrected chi connectivity index (χ4v) is 3.79. The fourth-order valence-electron chi connectivity index (χ4n) is 3.79. The lowest BCUT2D eigenvalue weighted by atomic mass is 9.97. The van der Waals surface area contributed by atoms with Gasteiger partial charge in [-0.3, -0.25) is 4.98 Å². The van der Waals surface area contributed by atoms with Crippen LogP contribution in [-0.4, -0.2) is 9.97 Å². The second kappa shape index (κ2) is 9.23. The number of benzene rings is 4. The van der Waals surface area contributed by atoms with Crippen molar-refractivity contribution in [3.05, 3.63) is 134 Å². The third kappa shape index (κ3) is 4.26. The van der Waals surface area contributed by atoms with Crippen molar-refractivity contribution in [2.24, 2.45) is 0 Å².